The number of aromatic nitrogens is 1. The lowest BCUT2D eigenvalue weighted by Gasteiger charge is -2.13. The largest absolute Gasteiger partial charge is 0.356 e. The second-order valence-electron chi connectivity index (χ2n) is 6.05. The van der Waals surface area contributed by atoms with Crippen LogP contribution in [-0.4, -0.2) is 31.1 Å². The van der Waals surface area contributed by atoms with E-state index in [1.54, 1.807) is 11.3 Å². The van der Waals surface area contributed by atoms with E-state index >= 15 is 0 Å². The second-order valence-corrected chi connectivity index (χ2v) is 7.00. The molecule has 0 aliphatic heterocycles. The highest BCUT2D eigenvalue weighted by Crippen LogP contribution is 2.28. The van der Waals surface area contributed by atoms with Crippen molar-refractivity contribution in [1.29, 1.82) is 0 Å². The van der Waals surface area contributed by atoms with Gasteiger partial charge in [0.25, 0.3) is 0 Å². The monoisotopic (exact) mass is 322 g/mol. The van der Waals surface area contributed by atoms with Crippen LogP contribution in [0.25, 0.3) is 0 Å². The zero-order valence-corrected chi connectivity index (χ0v) is 14.8. The van der Waals surface area contributed by atoms with E-state index in [1.165, 1.54) is 49.2 Å². The van der Waals surface area contributed by atoms with E-state index < -0.39 is 0 Å². The van der Waals surface area contributed by atoms with Gasteiger partial charge in [-0.3, -0.25) is 4.99 Å². The average Bonchev–Trinajstić information content (AvgIpc) is 3.21. The Bertz CT molecular complexity index is 449. The molecule has 0 amide bonds. The van der Waals surface area contributed by atoms with Crippen LogP contribution in [0.2, 0.25) is 0 Å². The van der Waals surface area contributed by atoms with E-state index in [0.717, 1.165) is 37.8 Å². The van der Waals surface area contributed by atoms with Gasteiger partial charge >= 0.3 is 0 Å². The number of hydrogen-bond donors (Lipinski definition) is 2. The molecule has 1 aliphatic carbocycles. The standard InChI is InChI=1S/C17H30N4S/c1-3-16-21-15(13-22-16)10-12-20-17(18-2)19-11-6-9-14-7-4-5-8-14/h13-14H,3-12H2,1-2H3,(H2,18,19,20). The van der Waals surface area contributed by atoms with Gasteiger partial charge in [0.1, 0.15) is 0 Å². The number of hydrogen-bond acceptors (Lipinski definition) is 3. The number of aryl methyl sites for hydroxylation is 1. The third kappa shape index (κ3) is 5.95. The number of aliphatic imine (C=N–C) groups is 1. The Balaban J connectivity index is 1.56. The van der Waals surface area contributed by atoms with E-state index in [0.29, 0.717) is 0 Å². The Morgan fingerprint density at radius 2 is 2.09 bits per heavy atom. The van der Waals surface area contributed by atoms with Gasteiger partial charge < -0.3 is 10.6 Å². The molecule has 1 aromatic rings. The van der Waals surface area contributed by atoms with Gasteiger partial charge in [0.05, 0.1) is 10.7 Å². The molecule has 0 aromatic carbocycles. The first-order valence-electron chi connectivity index (χ1n) is 8.69. The Kier molecular flexibility index (Phi) is 7.71. The molecule has 0 atom stereocenters. The van der Waals surface area contributed by atoms with Gasteiger partial charge in [-0.25, -0.2) is 4.98 Å². The maximum absolute atomic E-state index is 4.59. The smallest absolute Gasteiger partial charge is 0.190 e. The van der Waals surface area contributed by atoms with Crippen molar-refractivity contribution >= 4 is 17.3 Å². The number of thiazole rings is 1. The predicted octanol–water partition coefficient (Wildman–Crippen LogP) is 3.38. The number of nitrogens with one attached hydrogen (secondary N) is 2. The first kappa shape index (κ1) is 17.3. The molecule has 0 spiro atoms. The fourth-order valence-electron chi connectivity index (χ4n) is 3.05. The van der Waals surface area contributed by atoms with Gasteiger partial charge in [0.2, 0.25) is 0 Å². The van der Waals surface area contributed by atoms with Crippen LogP contribution in [-0.2, 0) is 12.8 Å². The van der Waals surface area contributed by atoms with Crippen molar-refractivity contribution in [1.82, 2.24) is 15.6 Å². The summed E-state index contributed by atoms with van der Waals surface area (Å²) >= 11 is 1.76. The molecule has 0 unspecified atom stereocenters. The molecule has 4 nitrogen and oxygen atoms in total. The highest BCUT2D eigenvalue weighted by molar-refractivity contribution is 7.09. The molecule has 1 heterocycles. The summed E-state index contributed by atoms with van der Waals surface area (Å²) in [6, 6.07) is 0. The summed E-state index contributed by atoms with van der Waals surface area (Å²) in [5.41, 5.74) is 1.19. The first-order chi connectivity index (χ1) is 10.8. The topological polar surface area (TPSA) is 49.3 Å². The lowest BCUT2D eigenvalue weighted by atomic mass is 10.0. The molecular formula is C17H30N4S. The molecule has 0 saturated heterocycles. The van der Waals surface area contributed by atoms with E-state index in [1.807, 2.05) is 7.05 Å². The van der Waals surface area contributed by atoms with Crippen molar-refractivity contribution in [2.45, 2.75) is 58.3 Å². The van der Waals surface area contributed by atoms with Crippen molar-refractivity contribution in [3.63, 3.8) is 0 Å². The summed E-state index contributed by atoms with van der Waals surface area (Å²) in [5.74, 6) is 1.89. The molecule has 0 radical (unpaired) electrons. The quantitative estimate of drug-likeness (QED) is 0.438. The summed E-state index contributed by atoms with van der Waals surface area (Å²) in [4.78, 5) is 8.88. The maximum atomic E-state index is 4.59. The Morgan fingerprint density at radius 1 is 1.32 bits per heavy atom. The van der Waals surface area contributed by atoms with Crippen LogP contribution in [0.4, 0.5) is 0 Å². The van der Waals surface area contributed by atoms with Crippen LogP contribution in [0.1, 0.15) is 56.2 Å². The summed E-state index contributed by atoms with van der Waals surface area (Å²) in [5, 5.41) is 10.2. The molecule has 2 rings (SSSR count). The Morgan fingerprint density at radius 3 is 2.77 bits per heavy atom. The third-order valence-corrected chi connectivity index (χ3v) is 5.40. The van der Waals surface area contributed by atoms with E-state index in [4.69, 9.17) is 0 Å². The second kappa shape index (κ2) is 9.82. The molecule has 22 heavy (non-hydrogen) atoms. The number of rotatable bonds is 8. The van der Waals surface area contributed by atoms with Gasteiger partial charge in [0, 0.05) is 31.9 Å². The summed E-state index contributed by atoms with van der Waals surface area (Å²) < 4.78 is 0. The minimum Gasteiger partial charge on any atom is -0.356 e. The van der Waals surface area contributed by atoms with Gasteiger partial charge in [-0.05, 0) is 25.2 Å². The first-order valence-corrected chi connectivity index (χ1v) is 9.57. The molecule has 1 aromatic heterocycles. The van der Waals surface area contributed by atoms with Crippen molar-refractivity contribution in [3.05, 3.63) is 16.1 Å². The highest BCUT2D eigenvalue weighted by atomic mass is 32.1. The van der Waals surface area contributed by atoms with Crippen LogP contribution in [0.15, 0.2) is 10.4 Å². The van der Waals surface area contributed by atoms with Crippen LogP contribution in [0.3, 0.4) is 0 Å². The summed E-state index contributed by atoms with van der Waals surface area (Å²) in [6.07, 6.45) is 10.4. The summed E-state index contributed by atoms with van der Waals surface area (Å²) in [6.45, 7) is 4.06. The Hall–Kier alpha value is -1.10. The number of nitrogens with zero attached hydrogens (tertiary/aromatic N) is 2. The van der Waals surface area contributed by atoms with Gasteiger partial charge in [-0.1, -0.05) is 32.6 Å². The molecule has 1 saturated carbocycles. The fraction of sp³-hybridized carbons (Fsp3) is 0.765. The third-order valence-electron chi connectivity index (χ3n) is 4.36. The van der Waals surface area contributed by atoms with Crippen LogP contribution in [0, 0.1) is 5.92 Å². The molecule has 1 fully saturated rings. The predicted molar refractivity (Wildman–Crippen MR) is 95.8 cm³/mol. The number of guanidine groups is 1. The molecule has 5 heteroatoms. The van der Waals surface area contributed by atoms with Crippen LogP contribution >= 0.6 is 11.3 Å². The van der Waals surface area contributed by atoms with Gasteiger partial charge in [-0.2, -0.15) is 0 Å². The van der Waals surface area contributed by atoms with E-state index in [2.05, 4.69) is 32.9 Å². The van der Waals surface area contributed by atoms with Crippen molar-refractivity contribution in [2.24, 2.45) is 10.9 Å². The van der Waals surface area contributed by atoms with Crippen molar-refractivity contribution in [2.75, 3.05) is 20.1 Å². The highest BCUT2D eigenvalue weighted by Gasteiger charge is 2.13. The fourth-order valence-corrected chi connectivity index (χ4v) is 3.83. The zero-order chi connectivity index (χ0) is 15.6. The molecular weight excluding hydrogens is 292 g/mol. The van der Waals surface area contributed by atoms with Crippen molar-refractivity contribution < 1.29 is 0 Å². The van der Waals surface area contributed by atoms with E-state index in [-0.39, 0.29) is 0 Å². The lowest BCUT2D eigenvalue weighted by molar-refractivity contribution is 0.481. The van der Waals surface area contributed by atoms with Crippen LogP contribution in [0.5, 0.6) is 0 Å². The van der Waals surface area contributed by atoms with Gasteiger partial charge in [-0.15, -0.1) is 11.3 Å². The molecule has 0 bridgehead atoms. The molecule has 124 valence electrons. The molecule has 2 N–H and O–H groups in total. The molecule has 1 aliphatic rings. The van der Waals surface area contributed by atoms with Crippen molar-refractivity contribution in [3.8, 4) is 0 Å². The average molecular weight is 323 g/mol. The van der Waals surface area contributed by atoms with E-state index in [9.17, 15) is 0 Å². The maximum Gasteiger partial charge on any atom is 0.190 e. The lowest BCUT2D eigenvalue weighted by Crippen LogP contribution is -2.38. The van der Waals surface area contributed by atoms with Crippen LogP contribution < -0.4 is 10.6 Å². The SMILES string of the molecule is CCc1nc(CCNC(=NC)NCCCC2CCCC2)cs1. The normalized spacial score (nSPS) is 16.2. The minimum atomic E-state index is 0.884. The Labute approximate surface area is 138 Å². The zero-order valence-electron chi connectivity index (χ0n) is 14.0. The summed E-state index contributed by atoms with van der Waals surface area (Å²) in [7, 11) is 1.84. The van der Waals surface area contributed by atoms with Gasteiger partial charge in [0.15, 0.2) is 5.96 Å². The minimum absolute atomic E-state index is 0.884.